The zero-order valence-corrected chi connectivity index (χ0v) is 12.7. The van der Waals surface area contributed by atoms with Crippen LogP contribution in [-0.2, 0) is 0 Å². The van der Waals surface area contributed by atoms with Gasteiger partial charge in [-0.3, -0.25) is 0 Å². The maximum atomic E-state index is 12.3. The van der Waals surface area contributed by atoms with Gasteiger partial charge in [0.1, 0.15) is 4.87 Å². The van der Waals surface area contributed by atoms with Gasteiger partial charge in [0.15, 0.2) is 0 Å². The first-order chi connectivity index (χ1) is 9.20. The summed E-state index contributed by atoms with van der Waals surface area (Å²) in [6.07, 6.45) is 12.4. The summed E-state index contributed by atoms with van der Waals surface area (Å²) in [5.74, 6) is 0. The van der Waals surface area contributed by atoms with Gasteiger partial charge in [-0.05, 0) is 25.7 Å². The van der Waals surface area contributed by atoms with Gasteiger partial charge in [-0.2, -0.15) is 0 Å². The van der Waals surface area contributed by atoms with Gasteiger partial charge in [0.25, 0.3) is 0 Å². The van der Waals surface area contributed by atoms with Crippen molar-refractivity contribution < 1.29 is 4.79 Å². The molecule has 0 radical (unpaired) electrons. The maximum absolute atomic E-state index is 12.3. The summed E-state index contributed by atoms with van der Waals surface area (Å²) >= 11 is 2.06. The van der Waals surface area contributed by atoms with Crippen LogP contribution in [-0.4, -0.2) is 27.8 Å². The normalized spacial score (nSPS) is 28.8. The van der Waals surface area contributed by atoms with Crippen LogP contribution in [0.2, 0.25) is 0 Å². The van der Waals surface area contributed by atoms with Crippen molar-refractivity contribution in [3.8, 4) is 0 Å². The average Bonchev–Trinajstić information content (AvgIpc) is 2.73. The summed E-state index contributed by atoms with van der Waals surface area (Å²) in [6.45, 7) is 0. The highest BCUT2D eigenvalue weighted by molar-refractivity contribution is 8.02. The lowest BCUT2D eigenvalue weighted by Crippen LogP contribution is -2.57. The largest absolute Gasteiger partial charge is 0.340 e. The molecule has 0 atom stereocenters. The minimum atomic E-state index is 0.00961. The van der Waals surface area contributed by atoms with E-state index < -0.39 is 0 Å². The lowest BCUT2D eigenvalue weighted by Gasteiger charge is -2.39. The maximum Gasteiger partial charge on any atom is 0.332 e. The van der Waals surface area contributed by atoms with Crippen LogP contribution in [0.5, 0.6) is 0 Å². The van der Waals surface area contributed by atoms with Crippen molar-refractivity contribution in [1.29, 1.82) is 0 Å². The summed E-state index contributed by atoms with van der Waals surface area (Å²) < 4.78 is 0. The molecular weight excluding hydrogens is 258 g/mol. The number of carbonyl (C=O) groups excluding carboxylic acids is 1. The quantitative estimate of drug-likeness (QED) is 0.717. The van der Waals surface area contributed by atoms with E-state index in [1.807, 2.05) is 5.01 Å². The fourth-order valence-corrected chi connectivity index (χ4v) is 5.92. The molecule has 0 bridgehead atoms. The summed E-state index contributed by atoms with van der Waals surface area (Å²) in [4.78, 5) is 12.4. The Bertz CT molecular complexity index is 349. The van der Waals surface area contributed by atoms with Crippen LogP contribution in [0.4, 0.5) is 4.79 Å². The Hall–Kier alpha value is -0.420. The van der Waals surface area contributed by atoms with E-state index in [0.717, 1.165) is 12.8 Å². The van der Waals surface area contributed by atoms with Gasteiger partial charge in [-0.15, -0.1) is 11.8 Å². The molecule has 3 rings (SSSR count). The van der Waals surface area contributed by atoms with Crippen molar-refractivity contribution in [2.45, 2.75) is 74.0 Å². The van der Waals surface area contributed by atoms with E-state index in [1.165, 1.54) is 51.4 Å². The first kappa shape index (κ1) is 13.6. The Morgan fingerprint density at radius 2 is 1.63 bits per heavy atom. The van der Waals surface area contributed by atoms with Gasteiger partial charge < -0.3 is 5.32 Å². The second-order valence-electron chi connectivity index (χ2n) is 6.17. The third-order valence-corrected chi connectivity index (χ3v) is 6.68. The lowest BCUT2D eigenvalue weighted by molar-refractivity contribution is 0.0927. The van der Waals surface area contributed by atoms with Gasteiger partial charge >= 0.3 is 6.03 Å². The Balaban J connectivity index is 1.85. The summed E-state index contributed by atoms with van der Waals surface area (Å²) in [6, 6.07) is 0.0387. The van der Waals surface area contributed by atoms with Crippen LogP contribution in [0.15, 0.2) is 0 Å². The fraction of sp³-hybridized carbons (Fsp3) is 0.929. The van der Waals surface area contributed by atoms with Crippen LogP contribution in [0.1, 0.15) is 64.2 Å². The molecule has 5 heteroatoms. The van der Waals surface area contributed by atoms with Gasteiger partial charge in [-0.1, -0.05) is 38.5 Å². The molecule has 2 spiro atoms. The van der Waals surface area contributed by atoms with Gasteiger partial charge in [0.05, 0.1) is 4.87 Å². The first-order valence-electron chi connectivity index (χ1n) is 7.70. The molecule has 0 aromatic rings. The van der Waals surface area contributed by atoms with Gasteiger partial charge in [-0.25, -0.2) is 15.2 Å². The second kappa shape index (κ2) is 5.17. The van der Waals surface area contributed by atoms with E-state index >= 15 is 0 Å². The molecule has 0 aromatic carbocycles. The lowest BCUT2D eigenvalue weighted by atomic mass is 9.94. The Morgan fingerprint density at radius 3 is 2.21 bits per heavy atom. The highest BCUT2D eigenvalue weighted by Crippen LogP contribution is 2.56. The number of thioether (sulfide) groups is 1. The van der Waals surface area contributed by atoms with Crippen molar-refractivity contribution in [2.24, 2.45) is 0 Å². The van der Waals surface area contributed by atoms with E-state index in [2.05, 4.69) is 22.5 Å². The predicted octanol–water partition coefficient (Wildman–Crippen LogP) is 3.20. The summed E-state index contributed by atoms with van der Waals surface area (Å²) in [5.41, 5.74) is 3.60. The van der Waals surface area contributed by atoms with Gasteiger partial charge in [0, 0.05) is 7.05 Å². The topological polar surface area (TPSA) is 44.4 Å². The summed E-state index contributed by atoms with van der Waals surface area (Å²) in [7, 11) is 1.73. The number of hydrogen-bond acceptors (Lipinski definition) is 3. The standard InChI is InChI=1S/C14H25N3OS/c1-15-12(18)17-14(10-6-3-7-11-14)19-13(16-17)8-4-2-5-9-13/h16H,2-11H2,1H3,(H,15,18). The third kappa shape index (κ3) is 2.35. The van der Waals surface area contributed by atoms with Crippen LogP contribution >= 0.6 is 11.8 Å². The van der Waals surface area contributed by atoms with Crippen molar-refractivity contribution in [3.63, 3.8) is 0 Å². The summed E-state index contributed by atoms with van der Waals surface area (Å²) in [5, 5.41) is 4.76. The molecule has 1 heterocycles. The smallest absolute Gasteiger partial charge is 0.332 e. The number of hydrazine groups is 1. The van der Waals surface area contributed by atoms with Crippen molar-refractivity contribution >= 4 is 17.8 Å². The molecule has 3 aliphatic rings. The van der Waals surface area contributed by atoms with E-state index in [9.17, 15) is 4.79 Å². The number of amides is 2. The molecule has 2 saturated carbocycles. The molecule has 1 aliphatic heterocycles. The van der Waals surface area contributed by atoms with Crippen LogP contribution < -0.4 is 10.7 Å². The van der Waals surface area contributed by atoms with Crippen molar-refractivity contribution in [2.75, 3.05) is 7.05 Å². The van der Waals surface area contributed by atoms with Crippen molar-refractivity contribution in [1.82, 2.24) is 15.8 Å². The number of nitrogens with zero attached hydrogens (tertiary/aromatic N) is 1. The fourth-order valence-electron chi connectivity index (χ4n) is 3.85. The van der Waals surface area contributed by atoms with E-state index in [-0.39, 0.29) is 15.8 Å². The highest BCUT2D eigenvalue weighted by atomic mass is 32.2. The molecule has 2 aliphatic carbocycles. The molecule has 3 fully saturated rings. The number of hydrogen-bond donors (Lipinski definition) is 2. The molecule has 1 saturated heterocycles. The number of urea groups is 1. The molecule has 108 valence electrons. The van der Waals surface area contributed by atoms with E-state index in [0.29, 0.717) is 0 Å². The SMILES string of the molecule is CNC(=O)N1NC2(CCCCC2)SC12CCCCC2. The molecule has 4 nitrogen and oxygen atoms in total. The first-order valence-corrected chi connectivity index (χ1v) is 8.51. The van der Waals surface area contributed by atoms with Crippen LogP contribution in [0.3, 0.4) is 0 Å². The molecule has 2 N–H and O–H groups in total. The molecular formula is C14H25N3OS. The molecule has 0 aromatic heterocycles. The third-order valence-electron chi connectivity index (χ3n) is 4.82. The average molecular weight is 283 g/mol. The minimum absolute atomic E-state index is 0.00961. The Labute approximate surface area is 120 Å². The minimum Gasteiger partial charge on any atom is -0.340 e. The van der Waals surface area contributed by atoms with Crippen LogP contribution in [0.25, 0.3) is 0 Å². The monoisotopic (exact) mass is 283 g/mol. The predicted molar refractivity (Wildman–Crippen MR) is 78.7 cm³/mol. The Kier molecular flexibility index (Phi) is 3.69. The molecule has 0 unspecified atom stereocenters. The molecule has 2 amide bonds. The Morgan fingerprint density at radius 1 is 1.05 bits per heavy atom. The van der Waals surface area contributed by atoms with E-state index in [4.69, 9.17) is 0 Å². The van der Waals surface area contributed by atoms with Crippen molar-refractivity contribution in [3.05, 3.63) is 0 Å². The number of rotatable bonds is 0. The van der Waals surface area contributed by atoms with E-state index in [1.54, 1.807) is 7.05 Å². The number of nitrogens with one attached hydrogen (secondary N) is 2. The number of carbonyl (C=O) groups is 1. The van der Waals surface area contributed by atoms with Crippen LogP contribution in [0, 0.1) is 0 Å². The second-order valence-corrected chi connectivity index (χ2v) is 7.91. The zero-order chi connectivity index (χ0) is 13.3. The zero-order valence-electron chi connectivity index (χ0n) is 11.8. The molecule has 19 heavy (non-hydrogen) atoms. The van der Waals surface area contributed by atoms with Gasteiger partial charge in [0.2, 0.25) is 0 Å². The highest BCUT2D eigenvalue weighted by Gasteiger charge is 2.55.